The van der Waals surface area contributed by atoms with Gasteiger partial charge in [0, 0.05) is 0 Å². The van der Waals surface area contributed by atoms with Gasteiger partial charge in [0.2, 0.25) is 0 Å². The standard InChI is InChI=1S/C7H15NO2.CHF3O3S/c1-5(2)4-6(8)7(9)10-3;2-1(3,4)8(5,6)7/h5-6H,4,8H2,1-3H3;(H,5,6,7)/t6-;/m0./s1. The fourth-order valence-corrected chi connectivity index (χ4v) is 0.755. The van der Waals surface area contributed by atoms with Crippen molar-refractivity contribution in [3.8, 4) is 0 Å². The summed E-state index contributed by atoms with van der Waals surface area (Å²) in [5, 5.41) is 0. The smallest absolute Gasteiger partial charge is 0.468 e. The summed E-state index contributed by atoms with van der Waals surface area (Å²) in [6.07, 6.45) is 0.687. The molecule has 10 heteroatoms. The van der Waals surface area contributed by atoms with E-state index in [9.17, 15) is 18.0 Å². The predicted molar refractivity (Wildman–Crippen MR) is 57.1 cm³/mol. The maximum atomic E-state index is 10.7. The maximum absolute atomic E-state index is 10.7. The van der Waals surface area contributed by atoms with E-state index in [1.54, 1.807) is 0 Å². The molecule has 18 heavy (non-hydrogen) atoms. The van der Waals surface area contributed by atoms with Gasteiger partial charge in [-0.1, -0.05) is 13.8 Å². The Hall–Kier alpha value is -0.870. The molecule has 1 atom stereocenters. The molecule has 3 N–H and O–H groups in total. The average Bonchev–Trinajstić information content (AvgIpc) is 2.13. The van der Waals surface area contributed by atoms with Crippen molar-refractivity contribution in [2.75, 3.05) is 7.11 Å². The topological polar surface area (TPSA) is 107 Å². The van der Waals surface area contributed by atoms with Crippen LogP contribution in [-0.2, 0) is 19.6 Å². The zero-order valence-electron chi connectivity index (χ0n) is 10.1. The van der Waals surface area contributed by atoms with Crippen LogP contribution in [0.4, 0.5) is 13.2 Å². The van der Waals surface area contributed by atoms with Crippen LogP contribution < -0.4 is 5.73 Å². The molecular weight excluding hydrogens is 279 g/mol. The van der Waals surface area contributed by atoms with E-state index in [2.05, 4.69) is 4.74 Å². The van der Waals surface area contributed by atoms with Crippen molar-refractivity contribution in [2.45, 2.75) is 31.8 Å². The molecule has 0 spiro atoms. The second-order valence-electron chi connectivity index (χ2n) is 3.68. The van der Waals surface area contributed by atoms with E-state index < -0.39 is 21.7 Å². The van der Waals surface area contributed by atoms with E-state index in [-0.39, 0.29) is 5.97 Å². The lowest BCUT2D eigenvalue weighted by molar-refractivity contribution is -0.142. The van der Waals surface area contributed by atoms with E-state index in [1.807, 2.05) is 13.8 Å². The van der Waals surface area contributed by atoms with E-state index in [0.29, 0.717) is 12.3 Å². The Morgan fingerprint density at radius 1 is 1.39 bits per heavy atom. The Labute approximate surface area is 103 Å². The van der Waals surface area contributed by atoms with Crippen LogP contribution >= 0.6 is 0 Å². The highest BCUT2D eigenvalue weighted by molar-refractivity contribution is 7.86. The van der Waals surface area contributed by atoms with E-state index in [0.717, 1.165) is 0 Å². The predicted octanol–water partition coefficient (Wildman–Crippen LogP) is 0.927. The Bertz CT molecular complexity index is 352. The number of rotatable bonds is 3. The summed E-state index contributed by atoms with van der Waals surface area (Å²) in [5.41, 5.74) is -0.0806. The number of alkyl halides is 3. The molecule has 0 amide bonds. The SMILES string of the molecule is COC(=O)[C@@H](N)CC(C)C.O=S(=O)(O)C(F)(F)F. The van der Waals surface area contributed by atoms with Crippen molar-refractivity contribution < 1.29 is 35.7 Å². The van der Waals surface area contributed by atoms with Crippen LogP contribution in [0.15, 0.2) is 0 Å². The zero-order valence-corrected chi connectivity index (χ0v) is 10.9. The van der Waals surface area contributed by atoms with Crippen molar-refractivity contribution in [2.24, 2.45) is 11.7 Å². The van der Waals surface area contributed by atoms with Crippen LogP contribution in [-0.4, -0.2) is 37.6 Å². The van der Waals surface area contributed by atoms with Crippen molar-refractivity contribution in [3.05, 3.63) is 0 Å². The van der Waals surface area contributed by atoms with Crippen LogP contribution in [0.5, 0.6) is 0 Å². The molecule has 0 aliphatic heterocycles. The summed E-state index contributed by atoms with van der Waals surface area (Å²) >= 11 is 0. The third kappa shape index (κ3) is 9.19. The van der Waals surface area contributed by atoms with Gasteiger partial charge in [-0.15, -0.1) is 0 Å². The van der Waals surface area contributed by atoms with Gasteiger partial charge in [0.1, 0.15) is 6.04 Å². The minimum atomic E-state index is -5.84. The van der Waals surface area contributed by atoms with Crippen LogP contribution in [0, 0.1) is 5.92 Å². The van der Waals surface area contributed by atoms with Crippen LogP contribution in [0.3, 0.4) is 0 Å². The fraction of sp³-hybridized carbons (Fsp3) is 0.875. The number of esters is 1. The van der Waals surface area contributed by atoms with Gasteiger partial charge in [0.05, 0.1) is 7.11 Å². The molecule has 0 rings (SSSR count). The summed E-state index contributed by atoms with van der Waals surface area (Å²) in [4.78, 5) is 10.7. The summed E-state index contributed by atoms with van der Waals surface area (Å²) in [6.45, 7) is 4.03. The van der Waals surface area contributed by atoms with Gasteiger partial charge >= 0.3 is 21.6 Å². The highest BCUT2D eigenvalue weighted by Gasteiger charge is 2.44. The molecule has 0 fully saturated rings. The Balaban J connectivity index is 0. The van der Waals surface area contributed by atoms with Crippen molar-refractivity contribution in [1.82, 2.24) is 0 Å². The molecule has 0 aromatic carbocycles. The number of carbonyl (C=O) groups is 1. The van der Waals surface area contributed by atoms with Crippen molar-refractivity contribution in [3.63, 3.8) is 0 Å². The average molecular weight is 295 g/mol. The maximum Gasteiger partial charge on any atom is 0.522 e. The number of methoxy groups -OCH3 is 1. The molecule has 0 radical (unpaired) electrons. The Morgan fingerprint density at radius 2 is 1.72 bits per heavy atom. The number of ether oxygens (including phenoxy) is 1. The number of hydrogen-bond donors (Lipinski definition) is 2. The summed E-state index contributed by atoms with van der Waals surface area (Å²) in [5.74, 6) is 0.114. The van der Waals surface area contributed by atoms with Gasteiger partial charge < -0.3 is 10.5 Å². The third-order valence-corrected chi connectivity index (χ3v) is 2.11. The molecule has 0 bridgehead atoms. The van der Waals surface area contributed by atoms with Gasteiger partial charge in [0.25, 0.3) is 0 Å². The zero-order chi connectivity index (χ0) is 15.1. The highest BCUT2D eigenvalue weighted by atomic mass is 32.2. The number of halogens is 3. The number of carbonyl (C=O) groups excluding carboxylic acids is 1. The summed E-state index contributed by atoms with van der Waals surface area (Å²) < 4.78 is 62.0. The molecule has 6 nitrogen and oxygen atoms in total. The highest BCUT2D eigenvalue weighted by Crippen LogP contribution is 2.20. The Morgan fingerprint density at radius 3 is 1.89 bits per heavy atom. The van der Waals surface area contributed by atoms with Crippen LogP contribution in [0.1, 0.15) is 20.3 Å². The molecule has 0 unspecified atom stereocenters. The monoisotopic (exact) mass is 295 g/mol. The minimum Gasteiger partial charge on any atom is -0.468 e. The second-order valence-corrected chi connectivity index (χ2v) is 5.09. The molecule has 0 heterocycles. The van der Waals surface area contributed by atoms with E-state index in [4.69, 9.17) is 18.7 Å². The third-order valence-electron chi connectivity index (χ3n) is 1.52. The quantitative estimate of drug-likeness (QED) is 0.455. The molecule has 0 aliphatic rings. The largest absolute Gasteiger partial charge is 0.522 e. The van der Waals surface area contributed by atoms with Gasteiger partial charge in [-0.05, 0) is 12.3 Å². The lowest BCUT2D eigenvalue weighted by Crippen LogP contribution is -2.32. The Kier molecular flexibility index (Phi) is 8.16. The molecule has 0 aliphatic carbocycles. The second kappa shape index (κ2) is 7.54. The normalized spacial score (nSPS) is 13.6. The molecule has 0 aromatic rings. The molecule has 0 saturated carbocycles. The first kappa shape index (κ1) is 19.5. The van der Waals surface area contributed by atoms with Crippen molar-refractivity contribution in [1.29, 1.82) is 0 Å². The summed E-state index contributed by atoms with van der Waals surface area (Å²) in [6, 6.07) is -0.454. The molecule has 110 valence electrons. The first-order valence-corrected chi connectivity index (χ1v) is 6.14. The number of hydrogen-bond acceptors (Lipinski definition) is 5. The van der Waals surface area contributed by atoms with E-state index >= 15 is 0 Å². The lowest BCUT2D eigenvalue weighted by Gasteiger charge is -2.10. The van der Waals surface area contributed by atoms with Crippen LogP contribution in [0.25, 0.3) is 0 Å². The van der Waals surface area contributed by atoms with Gasteiger partial charge in [-0.2, -0.15) is 21.6 Å². The van der Waals surface area contributed by atoms with E-state index in [1.165, 1.54) is 7.11 Å². The number of nitrogens with two attached hydrogens (primary N) is 1. The lowest BCUT2D eigenvalue weighted by atomic mass is 10.1. The first-order valence-electron chi connectivity index (χ1n) is 4.70. The minimum absolute atomic E-state index is 0.325. The molecular formula is C8H16F3NO5S. The molecule has 0 saturated heterocycles. The van der Waals surface area contributed by atoms with Gasteiger partial charge in [-0.3, -0.25) is 9.35 Å². The van der Waals surface area contributed by atoms with Crippen molar-refractivity contribution >= 4 is 16.1 Å². The van der Waals surface area contributed by atoms with Gasteiger partial charge in [0.15, 0.2) is 0 Å². The first-order chi connectivity index (χ1) is 7.82. The fourth-order valence-electron chi connectivity index (χ4n) is 0.755. The van der Waals surface area contributed by atoms with Crippen LogP contribution in [0.2, 0.25) is 0 Å². The molecule has 0 aromatic heterocycles. The van der Waals surface area contributed by atoms with Gasteiger partial charge in [-0.25, -0.2) is 0 Å². The summed E-state index contributed by atoms with van der Waals surface area (Å²) in [7, 11) is -4.49.